The lowest BCUT2D eigenvalue weighted by atomic mass is 9.98. The zero-order chi connectivity index (χ0) is 15.8. The molecule has 0 saturated carbocycles. The van der Waals surface area contributed by atoms with Gasteiger partial charge in [-0.2, -0.15) is 5.10 Å². The van der Waals surface area contributed by atoms with Crippen LogP contribution in [0.4, 0.5) is 0 Å². The third-order valence-electron chi connectivity index (χ3n) is 5.00. The summed E-state index contributed by atoms with van der Waals surface area (Å²) in [5.74, 6) is 0.264. The molecule has 3 heterocycles. The van der Waals surface area contributed by atoms with Crippen LogP contribution in [0.25, 0.3) is 16.5 Å². The molecule has 1 atom stereocenters. The summed E-state index contributed by atoms with van der Waals surface area (Å²) in [7, 11) is 1.97. The molecule has 4 rings (SSSR count). The van der Waals surface area contributed by atoms with Gasteiger partial charge >= 0.3 is 0 Å². The van der Waals surface area contributed by atoms with Crippen molar-refractivity contribution in [3.05, 3.63) is 36.0 Å². The van der Waals surface area contributed by atoms with Crippen molar-refractivity contribution in [1.29, 1.82) is 0 Å². The van der Waals surface area contributed by atoms with Crippen molar-refractivity contribution in [2.45, 2.75) is 25.3 Å². The van der Waals surface area contributed by atoms with Gasteiger partial charge in [0.1, 0.15) is 0 Å². The number of amides is 1. The van der Waals surface area contributed by atoms with Crippen LogP contribution < -0.4 is 5.32 Å². The highest BCUT2D eigenvalue weighted by molar-refractivity contribution is 5.85. The molecule has 2 aliphatic heterocycles. The van der Waals surface area contributed by atoms with Gasteiger partial charge in [0.2, 0.25) is 5.91 Å². The van der Waals surface area contributed by atoms with E-state index in [9.17, 15) is 4.79 Å². The van der Waals surface area contributed by atoms with Crippen molar-refractivity contribution in [3.8, 4) is 0 Å². The van der Waals surface area contributed by atoms with Gasteiger partial charge in [0.05, 0.1) is 17.8 Å². The number of hydrogen-bond donors (Lipinski definition) is 1. The van der Waals surface area contributed by atoms with E-state index in [4.69, 9.17) is 0 Å². The molecule has 23 heavy (non-hydrogen) atoms. The topological polar surface area (TPSA) is 50.2 Å². The van der Waals surface area contributed by atoms with Crippen molar-refractivity contribution < 1.29 is 4.79 Å². The smallest absolute Gasteiger partial charge is 0.239 e. The quantitative estimate of drug-likeness (QED) is 0.922. The molecule has 0 radical (unpaired) electrons. The predicted octanol–water partition coefficient (Wildman–Crippen LogP) is 1.94. The van der Waals surface area contributed by atoms with Crippen molar-refractivity contribution in [1.82, 2.24) is 20.0 Å². The number of nitrogens with one attached hydrogen (secondary N) is 1. The molecule has 1 aromatic heterocycles. The molecule has 2 aromatic rings. The Labute approximate surface area is 136 Å². The Balaban J connectivity index is 1.51. The number of benzene rings is 1. The Morgan fingerprint density at radius 3 is 3.04 bits per heavy atom. The van der Waals surface area contributed by atoms with Crippen LogP contribution in [0.3, 0.4) is 0 Å². The van der Waals surface area contributed by atoms with Crippen molar-refractivity contribution in [2.24, 2.45) is 7.05 Å². The molecule has 0 bridgehead atoms. The van der Waals surface area contributed by atoms with Gasteiger partial charge in [0.25, 0.3) is 0 Å². The number of hydrogen-bond acceptors (Lipinski definition) is 3. The van der Waals surface area contributed by atoms with Gasteiger partial charge < -0.3 is 10.2 Å². The predicted molar refractivity (Wildman–Crippen MR) is 90.9 cm³/mol. The fourth-order valence-corrected chi connectivity index (χ4v) is 3.59. The van der Waals surface area contributed by atoms with Crippen LogP contribution in [0.5, 0.6) is 0 Å². The number of rotatable bonds is 2. The van der Waals surface area contributed by atoms with Crippen LogP contribution in [0.15, 0.2) is 30.5 Å². The standard InChI is InChI=1S/C18H22N4O/c1-21-17-11-14(4-5-15(17)12-20-21)13-6-9-22(10-7-13)18(23)16-3-2-8-19-16/h4-6,11-12,16,19H,2-3,7-10H2,1H3. The van der Waals surface area contributed by atoms with E-state index in [1.54, 1.807) is 0 Å². The Morgan fingerprint density at radius 2 is 2.30 bits per heavy atom. The van der Waals surface area contributed by atoms with Crippen molar-refractivity contribution >= 4 is 22.4 Å². The zero-order valence-electron chi connectivity index (χ0n) is 13.5. The first-order chi connectivity index (χ1) is 11.2. The maximum atomic E-state index is 12.5. The van der Waals surface area contributed by atoms with Crippen LogP contribution in [0.2, 0.25) is 0 Å². The highest BCUT2D eigenvalue weighted by Gasteiger charge is 2.27. The normalized spacial score (nSPS) is 21.7. The molecule has 2 aliphatic rings. The molecule has 1 saturated heterocycles. The molecule has 0 aliphatic carbocycles. The number of aromatic nitrogens is 2. The molecule has 0 spiro atoms. The zero-order valence-corrected chi connectivity index (χ0v) is 13.5. The molecule has 1 amide bonds. The Morgan fingerprint density at radius 1 is 1.39 bits per heavy atom. The molecule has 120 valence electrons. The van der Waals surface area contributed by atoms with Crippen molar-refractivity contribution in [2.75, 3.05) is 19.6 Å². The maximum Gasteiger partial charge on any atom is 0.239 e. The summed E-state index contributed by atoms with van der Waals surface area (Å²) >= 11 is 0. The summed E-state index contributed by atoms with van der Waals surface area (Å²) < 4.78 is 1.91. The van der Waals surface area contributed by atoms with Crippen LogP contribution in [0, 0.1) is 0 Å². The summed E-state index contributed by atoms with van der Waals surface area (Å²) in [4.78, 5) is 14.4. The Hall–Kier alpha value is -2.14. The fraction of sp³-hybridized carbons (Fsp3) is 0.444. The molecule has 1 fully saturated rings. The van der Waals surface area contributed by atoms with E-state index in [-0.39, 0.29) is 11.9 Å². The highest BCUT2D eigenvalue weighted by atomic mass is 16.2. The molecule has 1 N–H and O–H groups in total. The Kier molecular flexibility index (Phi) is 3.65. The van der Waals surface area contributed by atoms with Crippen LogP contribution >= 0.6 is 0 Å². The largest absolute Gasteiger partial charge is 0.337 e. The maximum absolute atomic E-state index is 12.5. The minimum atomic E-state index is 0.0377. The van der Waals surface area contributed by atoms with Crippen LogP contribution in [-0.4, -0.2) is 46.3 Å². The van der Waals surface area contributed by atoms with Gasteiger partial charge in [-0.25, -0.2) is 0 Å². The minimum absolute atomic E-state index is 0.0377. The molecule has 5 heteroatoms. The lowest BCUT2D eigenvalue weighted by Gasteiger charge is -2.29. The van der Waals surface area contributed by atoms with E-state index in [2.05, 4.69) is 34.7 Å². The average Bonchev–Trinajstić information content (AvgIpc) is 3.25. The van der Waals surface area contributed by atoms with E-state index < -0.39 is 0 Å². The van der Waals surface area contributed by atoms with Gasteiger partial charge in [-0.15, -0.1) is 0 Å². The molecule has 5 nitrogen and oxygen atoms in total. The second-order valence-electron chi connectivity index (χ2n) is 6.45. The summed E-state index contributed by atoms with van der Waals surface area (Å²) in [6.07, 6.45) is 7.10. The number of fused-ring (bicyclic) bond motifs is 1. The van der Waals surface area contributed by atoms with Crippen LogP contribution in [-0.2, 0) is 11.8 Å². The van der Waals surface area contributed by atoms with Gasteiger partial charge in [-0.3, -0.25) is 9.48 Å². The molecular weight excluding hydrogens is 288 g/mol. The summed E-state index contributed by atoms with van der Waals surface area (Å²) in [6, 6.07) is 6.52. The van der Waals surface area contributed by atoms with E-state index in [0.717, 1.165) is 49.8 Å². The lowest BCUT2D eigenvalue weighted by molar-refractivity contribution is -0.132. The molecular formula is C18H22N4O. The minimum Gasteiger partial charge on any atom is -0.337 e. The summed E-state index contributed by atoms with van der Waals surface area (Å²) in [5.41, 5.74) is 3.72. The monoisotopic (exact) mass is 310 g/mol. The van der Waals surface area contributed by atoms with Gasteiger partial charge in [0.15, 0.2) is 0 Å². The second kappa shape index (κ2) is 5.81. The molecule has 1 aromatic carbocycles. The first-order valence-corrected chi connectivity index (χ1v) is 8.36. The average molecular weight is 310 g/mol. The van der Waals surface area contributed by atoms with E-state index in [1.807, 2.05) is 22.8 Å². The number of aryl methyl sites for hydroxylation is 1. The SMILES string of the molecule is Cn1ncc2ccc(C3=CCN(C(=O)C4CCCN4)CC3)cc21. The van der Waals surface area contributed by atoms with E-state index in [0.29, 0.717) is 0 Å². The fourth-order valence-electron chi connectivity index (χ4n) is 3.59. The second-order valence-corrected chi connectivity index (χ2v) is 6.45. The van der Waals surface area contributed by atoms with Gasteiger partial charge in [0, 0.05) is 25.5 Å². The number of carbonyl (C=O) groups is 1. The van der Waals surface area contributed by atoms with Crippen LogP contribution in [0.1, 0.15) is 24.8 Å². The summed E-state index contributed by atoms with van der Waals surface area (Å²) in [6.45, 7) is 2.50. The highest BCUT2D eigenvalue weighted by Crippen LogP contribution is 2.26. The first kappa shape index (κ1) is 14.5. The third-order valence-corrected chi connectivity index (χ3v) is 5.00. The third kappa shape index (κ3) is 2.65. The number of nitrogens with zero attached hydrogens (tertiary/aromatic N) is 3. The van der Waals surface area contributed by atoms with Gasteiger partial charge in [-0.1, -0.05) is 18.2 Å². The molecule has 1 unspecified atom stereocenters. The van der Waals surface area contributed by atoms with E-state index >= 15 is 0 Å². The Bertz CT molecular complexity index is 770. The van der Waals surface area contributed by atoms with Crippen molar-refractivity contribution in [3.63, 3.8) is 0 Å². The summed E-state index contributed by atoms with van der Waals surface area (Å²) in [5, 5.41) is 8.76. The first-order valence-electron chi connectivity index (χ1n) is 8.36. The van der Waals surface area contributed by atoms with Gasteiger partial charge in [-0.05, 0) is 43.0 Å². The lowest BCUT2D eigenvalue weighted by Crippen LogP contribution is -2.45. The number of carbonyl (C=O) groups excluding carboxylic acids is 1. The van der Waals surface area contributed by atoms with E-state index in [1.165, 1.54) is 11.1 Å².